The van der Waals surface area contributed by atoms with E-state index in [0.29, 0.717) is 24.2 Å². The Labute approximate surface area is 149 Å². The Morgan fingerprint density at radius 1 is 1.20 bits per heavy atom. The van der Waals surface area contributed by atoms with Crippen LogP contribution < -0.4 is 0 Å². The number of allylic oxidation sites excluding steroid dienone is 5. The number of ether oxygens (including phenoxy) is 1. The Morgan fingerprint density at radius 3 is 2.40 bits per heavy atom. The number of morpholine rings is 1. The van der Waals surface area contributed by atoms with Crippen molar-refractivity contribution in [1.29, 1.82) is 0 Å². The largest absolute Gasteiger partial charge is 0.372 e. The molecule has 0 aliphatic carbocycles. The number of rotatable bonds is 4. The van der Waals surface area contributed by atoms with Gasteiger partial charge in [-0.3, -0.25) is 4.79 Å². The number of amides is 1. The van der Waals surface area contributed by atoms with E-state index < -0.39 is 5.83 Å². The van der Waals surface area contributed by atoms with Gasteiger partial charge in [0.15, 0.2) is 0 Å². The second kappa shape index (κ2) is 8.26. The highest BCUT2D eigenvalue weighted by Crippen LogP contribution is 2.20. The molecule has 1 saturated heterocycles. The Morgan fingerprint density at radius 2 is 1.80 bits per heavy atom. The maximum Gasteiger partial charge on any atom is 0.254 e. The number of halogens is 1. The number of hydrogen-bond donors (Lipinski definition) is 0. The molecule has 1 aromatic rings. The highest BCUT2D eigenvalue weighted by molar-refractivity contribution is 5.95. The third-order valence-electron chi connectivity index (χ3n) is 4.28. The minimum atomic E-state index is -0.441. The molecule has 3 nitrogen and oxygen atoms in total. The topological polar surface area (TPSA) is 29.5 Å². The van der Waals surface area contributed by atoms with Gasteiger partial charge in [0, 0.05) is 18.7 Å². The zero-order chi connectivity index (χ0) is 18.6. The molecule has 134 valence electrons. The number of carbonyl (C=O) groups excluding carboxylic acids is 1. The average Bonchev–Trinajstić information content (AvgIpc) is 2.57. The summed E-state index contributed by atoms with van der Waals surface area (Å²) in [5, 5.41) is 0. The van der Waals surface area contributed by atoms with Crippen molar-refractivity contribution in [2.45, 2.75) is 39.9 Å². The lowest BCUT2D eigenvalue weighted by Gasteiger charge is -2.35. The van der Waals surface area contributed by atoms with Gasteiger partial charge in [0.1, 0.15) is 5.83 Å². The molecule has 0 saturated carbocycles. The predicted octanol–water partition coefficient (Wildman–Crippen LogP) is 4.77. The molecule has 0 aromatic heterocycles. The van der Waals surface area contributed by atoms with Crippen molar-refractivity contribution >= 4 is 11.5 Å². The summed E-state index contributed by atoms with van der Waals surface area (Å²) < 4.78 is 18.7. The van der Waals surface area contributed by atoms with Crippen molar-refractivity contribution in [3.05, 3.63) is 65.5 Å². The number of hydrogen-bond acceptors (Lipinski definition) is 2. The normalized spacial score (nSPS) is 22.0. The molecule has 25 heavy (non-hydrogen) atoms. The first-order valence-corrected chi connectivity index (χ1v) is 8.53. The Kier molecular flexibility index (Phi) is 6.32. The van der Waals surface area contributed by atoms with Crippen LogP contribution in [-0.2, 0) is 4.74 Å². The number of carbonyl (C=O) groups is 1. The molecule has 2 rings (SSSR count). The predicted molar refractivity (Wildman–Crippen MR) is 100 cm³/mol. The van der Waals surface area contributed by atoms with Gasteiger partial charge in [-0.2, -0.15) is 0 Å². The highest BCUT2D eigenvalue weighted by Gasteiger charge is 2.26. The summed E-state index contributed by atoms with van der Waals surface area (Å²) in [7, 11) is 0. The first kappa shape index (κ1) is 19.1. The van der Waals surface area contributed by atoms with Gasteiger partial charge in [-0.25, -0.2) is 4.39 Å². The molecule has 0 N–H and O–H groups in total. The maximum absolute atomic E-state index is 13.0. The molecule has 1 amide bonds. The minimum Gasteiger partial charge on any atom is -0.372 e. The standard InChI is InChI=1S/C21H26FNO2/c1-14(18(5)22)9-10-15(2)19-7-6-8-20(11-19)21(24)23-12-16(3)25-17(4)13-23/h6-11,16-17H,5,12-13H2,1-4H3/b14-9-,15-10+. The lowest BCUT2D eigenvalue weighted by atomic mass is 10.0. The van der Waals surface area contributed by atoms with Crippen LogP contribution in [0.15, 0.2) is 54.4 Å². The summed E-state index contributed by atoms with van der Waals surface area (Å²) in [4.78, 5) is 14.6. The molecule has 2 atom stereocenters. The summed E-state index contributed by atoms with van der Waals surface area (Å²) in [5.74, 6) is -0.427. The molecule has 1 aliphatic rings. The average molecular weight is 343 g/mol. The van der Waals surface area contributed by atoms with Crippen LogP contribution in [0.3, 0.4) is 0 Å². The Bertz CT molecular complexity index is 710. The van der Waals surface area contributed by atoms with Crippen molar-refractivity contribution in [2.24, 2.45) is 0 Å². The van der Waals surface area contributed by atoms with Crippen LogP contribution in [0.25, 0.3) is 5.57 Å². The van der Waals surface area contributed by atoms with Crippen molar-refractivity contribution in [2.75, 3.05) is 13.1 Å². The summed E-state index contributed by atoms with van der Waals surface area (Å²) in [6.45, 7) is 12.1. The van der Waals surface area contributed by atoms with E-state index in [-0.39, 0.29) is 18.1 Å². The van der Waals surface area contributed by atoms with Gasteiger partial charge in [0.2, 0.25) is 0 Å². The maximum atomic E-state index is 13.0. The third kappa shape index (κ3) is 5.13. The van der Waals surface area contributed by atoms with Crippen molar-refractivity contribution in [3.8, 4) is 0 Å². The van der Waals surface area contributed by atoms with Crippen molar-refractivity contribution in [1.82, 2.24) is 4.90 Å². The van der Waals surface area contributed by atoms with Gasteiger partial charge in [0.05, 0.1) is 12.2 Å². The monoisotopic (exact) mass is 343 g/mol. The van der Waals surface area contributed by atoms with Crippen LogP contribution in [0.1, 0.15) is 43.6 Å². The summed E-state index contributed by atoms with van der Waals surface area (Å²) >= 11 is 0. The van der Waals surface area contributed by atoms with Crippen molar-refractivity contribution < 1.29 is 13.9 Å². The third-order valence-corrected chi connectivity index (χ3v) is 4.28. The summed E-state index contributed by atoms with van der Waals surface area (Å²) in [6.07, 6.45) is 3.61. The Hall–Kier alpha value is -2.20. The van der Waals surface area contributed by atoms with Crippen LogP contribution in [0.2, 0.25) is 0 Å². The van der Waals surface area contributed by atoms with Crippen molar-refractivity contribution in [3.63, 3.8) is 0 Å². The molecule has 1 heterocycles. The van der Waals surface area contributed by atoms with Crippen LogP contribution in [0, 0.1) is 0 Å². The second-order valence-corrected chi connectivity index (χ2v) is 6.65. The fourth-order valence-corrected chi connectivity index (χ4v) is 2.86. The zero-order valence-electron chi connectivity index (χ0n) is 15.4. The van der Waals surface area contributed by atoms with Crippen LogP contribution in [-0.4, -0.2) is 36.1 Å². The van der Waals surface area contributed by atoms with E-state index in [1.165, 1.54) is 0 Å². The fourth-order valence-electron chi connectivity index (χ4n) is 2.86. The molecule has 4 heteroatoms. The lowest BCUT2D eigenvalue weighted by molar-refractivity contribution is -0.0586. The highest BCUT2D eigenvalue weighted by atomic mass is 19.1. The molecule has 0 bridgehead atoms. The fraction of sp³-hybridized carbons (Fsp3) is 0.381. The second-order valence-electron chi connectivity index (χ2n) is 6.65. The minimum absolute atomic E-state index is 0.0144. The first-order valence-electron chi connectivity index (χ1n) is 8.53. The molecule has 2 unspecified atom stereocenters. The van der Waals surface area contributed by atoms with Crippen LogP contribution >= 0.6 is 0 Å². The number of benzene rings is 1. The van der Waals surface area contributed by atoms with E-state index >= 15 is 0 Å². The lowest BCUT2D eigenvalue weighted by Crippen LogP contribution is -2.48. The molecular formula is C21H26FNO2. The van der Waals surface area contributed by atoms with E-state index in [2.05, 4.69) is 6.58 Å². The van der Waals surface area contributed by atoms with E-state index in [4.69, 9.17) is 4.74 Å². The Balaban J connectivity index is 2.20. The zero-order valence-corrected chi connectivity index (χ0v) is 15.4. The van der Waals surface area contributed by atoms with Gasteiger partial charge in [-0.05, 0) is 56.5 Å². The van der Waals surface area contributed by atoms with E-state index in [0.717, 1.165) is 11.1 Å². The SMILES string of the molecule is C=C(F)/C(C)=C\C=C(/C)c1cccc(C(=O)N2CC(C)OC(C)C2)c1. The van der Waals surface area contributed by atoms with E-state index in [9.17, 15) is 9.18 Å². The molecule has 0 radical (unpaired) electrons. The van der Waals surface area contributed by atoms with Gasteiger partial charge in [-0.1, -0.05) is 30.9 Å². The summed E-state index contributed by atoms with van der Waals surface area (Å²) in [6, 6.07) is 7.53. The van der Waals surface area contributed by atoms with E-state index in [1.807, 2.05) is 56.0 Å². The van der Waals surface area contributed by atoms with Gasteiger partial charge in [-0.15, -0.1) is 0 Å². The first-order chi connectivity index (χ1) is 11.8. The molecule has 1 fully saturated rings. The number of nitrogens with zero attached hydrogens (tertiary/aromatic N) is 1. The van der Waals surface area contributed by atoms with Crippen LogP contribution in [0.5, 0.6) is 0 Å². The molecule has 0 spiro atoms. The van der Waals surface area contributed by atoms with Gasteiger partial charge < -0.3 is 9.64 Å². The molecule has 1 aromatic carbocycles. The van der Waals surface area contributed by atoms with Gasteiger partial charge >= 0.3 is 0 Å². The van der Waals surface area contributed by atoms with Gasteiger partial charge in [0.25, 0.3) is 5.91 Å². The van der Waals surface area contributed by atoms with E-state index in [1.54, 1.807) is 13.0 Å². The smallest absolute Gasteiger partial charge is 0.254 e. The quantitative estimate of drug-likeness (QED) is 0.737. The molecular weight excluding hydrogens is 317 g/mol. The molecule has 1 aliphatic heterocycles. The van der Waals surface area contributed by atoms with Crippen LogP contribution in [0.4, 0.5) is 4.39 Å². The summed E-state index contributed by atoms with van der Waals surface area (Å²) in [5.41, 5.74) is 3.04.